The Morgan fingerprint density at radius 3 is 2.72 bits per heavy atom. The Balaban J connectivity index is 1.59. The summed E-state index contributed by atoms with van der Waals surface area (Å²) < 4.78 is 5.20. The fourth-order valence-electron chi connectivity index (χ4n) is 3.21. The summed E-state index contributed by atoms with van der Waals surface area (Å²) in [5, 5.41) is 2.96. The molecule has 2 atom stereocenters. The van der Waals surface area contributed by atoms with Crippen LogP contribution in [0.5, 0.6) is 0 Å². The largest absolute Gasteiger partial charge is 0.472 e. The summed E-state index contributed by atoms with van der Waals surface area (Å²) in [6.45, 7) is 0.368. The smallest absolute Gasteiger partial charge is 0.257 e. The van der Waals surface area contributed by atoms with Crippen LogP contribution in [0.3, 0.4) is 0 Å². The number of furan rings is 1. The van der Waals surface area contributed by atoms with Crippen LogP contribution < -0.4 is 5.32 Å². The van der Waals surface area contributed by atoms with Crippen molar-refractivity contribution >= 4 is 35.2 Å². The van der Waals surface area contributed by atoms with Gasteiger partial charge in [-0.2, -0.15) is 0 Å². The molecule has 0 saturated carbocycles. The number of amides is 2. The number of hydrogen-bond donors (Lipinski definition) is 1. The maximum atomic E-state index is 13.4. The van der Waals surface area contributed by atoms with Crippen molar-refractivity contribution in [3.05, 3.63) is 89.1 Å². The second-order valence-electron chi connectivity index (χ2n) is 6.52. The fourth-order valence-corrected chi connectivity index (χ4v) is 4.83. The second-order valence-corrected chi connectivity index (χ2v) is 8.04. The first kappa shape index (κ1) is 19.5. The van der Waals surface area contributed by atoms with Crippen LogP contribution in [-0.4, -0.2) is 33.5 Å². The zero-order chi connectivity index (χ0) is 20.2. The Morgan fingerprint density at radius 2 is 2.00 bits per heavy atom. The lowest BCUT2D eigenvalue weighted by atomic mass is 10.1. The molecule has 148 valence electrons. The number of nitrogens with zero attached hydrogens (tertiary/aromatic N) is 2. The standard InChI is InChI=1S/C21H18ClN3O3S/c22-17-4-2-1-3-16(17)20(27)25-18(13-29-21(25)15-7-10-28-12-15)19(26)24-11-14-5-8-23-9-6-14/h1-10,12,18,21H,11,13H2,(H,24,26). The van der Waals surface area contributed by atoms with Gasteiger partial charge >= 0.3 is 0 Å². The van der Waals surface area contributed by atoms with Crippen molar-refractivity contribution in [2.24, 2.45) is 0 Å². The molecule has 4 rings (SSSR count). The predicted octanol–water partition coefficient (Wildman–Crippen LogP) is 3.90. The molecule has 2 aromatic heterocycles. The monoisotopic (exact) mass is 427 g/mol. The van der Waals surface area contributed by atoms with Gasteiger partial charge in [0.15, 0.2) is 0 Å². The van der Waals surface area contributed by atoms with E-state index in [1.807, 2.05) is 18.2 Å². The maximum absolute atomic E-state index is 13.4. The summed E-state index contributed by atoms with van der Waals surface area (Å²) in [7, 11) is 0. The first-order chi connectivity index (χ1) is 14.1. The van der Waals surface area contributed by atoms with Crippen LogP contribution >= 0.6 is 23.4 Å². The van der Waals surface area contributed by atoms with E-state index in [-0.39, 0.29) is 17.2 Å². The van der Waals surface area contributed by atoms with Crippen LogP contribution in [0.2, 0.25) is 5.02 Å². The van der Waals surface area contributed by atoms with Crippen molar-refractivity contribution in [3.63, 3.8) is 0 Å². The van der Waals surface area contributed by atoms with Crippen molar-refractivity contribution in [1.29, 1.82) is 0 Å². The van der Waals surface area contributed by atoms with Gasteiger partial charge in [0.2, 0.25) is 5.91 Å². The fraction of sp³-hybridized carbons (Fsp3) is 0.190. The van der Waals surface area contributed by atoms with E-state index in [2.05, 4.69) is 10.3 Å². The van der Waals surface area contributed by atoms with Crippen LogP contribution in [0.1, 0.15) is 26.9 Å². The van der Waals surface area contributed by atoms with Gasteiger partial charge in [-0.1, -0.05) is 23.7 Å². The highest BCUT2D eigenvalue weighted by atomic mass is 35.5. The SMILES string of the molecule is O=C(NCc1ccncc1)C1CSC(c2ccoc2)N1C(=O)c1ccccc1Cl. The van der Waals surface area contributed by atoms with E-state index >= 15 is 0 Å². The number of carbonyl (C=O) groups excluding carboxylic acids is 2. The quantitative estimate of drug-likeness (QED) is 0.668. The van der Waals surface area contributed by atoms with Crippen LogP contribution in [0, 0.1) is 0 Å². The van der Waals surface area contributed by atoms with E-state index < -0.39 is 6.04 Å². The highest BCUT2D eigenvalue weighted by Crippen LogP contribution is 2.43. The third-order valence-electron chi connectivity index (χ3n) is 4.69. The molecule has 3 heterocycles. The summed E-state index contributed by atoms with van der Waals surface area (Å²) >= 11 is 7.79. The highest BCUT2D eigenvalue weighted by Gasteiger charge is 2.43. The Labute approximate surface area is 177 Å². The molecule has 1 fully saturated rings. The van der Waals surface area contributed by atoms with Crippen molar-refractivity contribution in [2.45, 2.75) is 18.0 Å². The minimum absolute atomic E-state index is 0.208. The van der Waals surface area contributed by atoms with E-state index in [0.717, 1.165) is 11.1 Å². The minimum atomic E-state index is -0.620. The molecule has 1 aliphatic heterocycles. The van der Waals surface area contributed by atoms with Gasteiger partial charge in [-0.25, -0.2) is 0 Å². The summed E-state index contributed by atoms with van der Waals surface area (Å²) in [4.78, 5) is 31.9. The number of carbonyl (C=O) groups is 2. The van der Waals surface area contributed by atoms with Gasteiger partial charge < -0.3 is 14.6 Å². The van der Waals surface area contributed by atoms with E-state index in [4.69, 9.17) is 16.0 Å². The number of hydrogen-bond acceptors (Lipinski definition) is 5. The van der Waals surface area contributed by atoms with Crippen molar-refractivity contribution < 1.29 is 14.0 Å². The Kier molecular flexibility index (Phi) is 5.87. The lowest BCUT2D eigenvalue weighted by molar-refractivity contribution is -0.125. The Hall–Kier alpha value is -2.77. The molecule has 1 aliphatic rings. The van der Waals surface area contributed by atoms with Crippen molar-refractivity contribution in [2.75, 3.05) is 5.75 Å². The van der Waals surface area contributed by atoms with Crippen LogP contribution in [0.15, 0.2) is 71.8 Å². The number of pyridine rings is 1. The van der Waals surface area contributed by atoms with E-state index in [0.29, 0.717) is 22.9 Å². The highest BCUT2D eigenvalue weighted by molar-refractivity contribution is 7.99. The number of halogens is 1. The molecule has 0 spiro atoms. The van der Waals surface area contributed by atoms with Gasteiger partial charge in [-0.15, -0.1) is 11.8 Å². The minimum Gasteiger partial charge on any atom is -0.472 e. The molecule has 0 aliphatic carbocycles. The van der Waals surface area contributed by atoms with E-state index in [9.17, 15) is 9.59 Å². The summed E-state index contributed by atoms with van der Waals surface area (Å²) in [5.41, 5.74) is 2.14. The summed E-state index contributed by atoms with van der Waals surface area (Å²) in [6, 6.07) is 11.7. The predicted molar refractivity (Wildman–Crippen MR) is 111 cm³/mol. The summed E-state index contributed by atoms with van der Waals surface area (Å²) in [6.07, 6.45) is 6.51. The molecular weight excluding hydrogens is 410 g/mol. The third kappa shape index (κ3) is 4.16. The molecule has 2 unspecified atom stereocenters. The zero-order valence-electron chi connectivity index (χ0n) is 15.3. The normalized spacial score (nSPS) is 18.6. The zero-order valence-corrected chi connectivity index (χ0v) is 16.9. The topological polar surface area (TPSA) is 75.4 Å². The second kappa shape index (κ2) is 8.71. The number of nitrogens with one attached hydrogen (secondary N) is 1. The average molecular weight is 428 g/mol. The Bertz CT molecular complexity index is 997. The van der Waals surface area contributed by atoms with Crippen molar-refractivity contribution in [1.82, 2.24) is 15.2 Å². The van der Waals surface area contributed by atoms with Crippen LogP contribution in [0.25, 0.3) is 0 Å². The third-order valence-corrected chi connectivity index (χ3v) is 6.34. The summed E-state index contributed by atoms with van der Waals surface area (Å²) in [5.74, 6) is -0.00891. The van der Waals surface area contributed by atoms with Crippen LogP contribution in [-0.2, 0) is 11.3 Å². The first-order valence-electron chi connectivity index (χ1n) is 9.02. The molecule has 1 N–H and O–H groups in total. The molecule has 1 saturated heterocycles. The maximum Gasteiger partial charge on any atom is 0.257 e. The molecule has 29 heavy (non-hydrogen) atoms. The molecule has 3 aromatic rings. The number of rotatable bonds is 5. The molecule has 0 radical (unpaired) electrons. The molecule has 2 amide bonds. The van der Waals surface area contributed by atoms with Crippen molar-refractivity contribution in [3.8, 4) is 0 Å². The van der Waals surface area contributed by atoms with E-state index in [1.165, 1.54) is 11.8 Å². The molecular formula is C21H18ClN3O3S. The lowest BCUT2D eigenvalue weighted by Gasteiger charge is -2.28. The van der Waals surface area contributed by atoms with Gasteiger partial charge in [-0.3, -0.25) is 14.6 Å². The van der Waals surface area contributed by atoms with Gasteiger partial charge in [0.1, 0.15) is 11.4 Å². The average Bonchev–Trinajstić information content (AvgIpc) is 3.42. The lowest BCUT2D eigenvalue weighted by Crippen LogP contribution is -2.47. The Morgan fingerprint density at radius 1 is 1.21 bits per heavy atom. The van der Waals surface area contributed by atoms with E-state index in [1.54, 1.807) is 54.1 Å². The van der Waals surface area contributed by atoms with Gasteiger partial charge in [0.25, 0.3) is 5.91 Å². The number of benzene rings is 1. The molecule has 0 bridgehead atoms. The van der Waals surface area contributed by atoms with Gasteiger partial charge in [0.05, 0.1) is 23.1 Å². The number of thioether (sulfide) groups is 1. The van der Waals surface area contributed by atoms with Gasteiger partial charge in [-0.05, 0) is 35.9 Å². The number of aromatic nitrogens is 1. The molecule has 1 aromatic carbocycles. The molecule has 8 heteroatoms. The van der Waals surface area contributed by atoms with Gasteiger partial charge in [0, 0.05) is 30.3 Å². The first-order valence-corrected chi connectivity index (χ1v) is 10.5. The molecule has 6 nitrogen and oxygen atoms in total. The van der Waals surface area contributed by atoms with Crippen LogP contribution in [0.4, 0.5) is 0 Å².